The number of nitrogens with two attached hydrogens (primary N) is 1. The summed E-state index contributed by atoms with van der Waals surface area (Å²) in [7, 11) is 0. The lowest BCUT2D eigenvalue weighted by molar-refractivity contribution is 0.0642. The molecule has 2 aromatic heterocycles. The number of pyridine rings is 1. The molecule has 3 heterocycles. The minimum absolute atomic E-state index is 0.00204. The number of para-hydroxylation sites is 2. The predicted molar refractivity (Wildman–Crippen MR) is 152 cm³/mol. The van der Waals surface area contributed by atoms with Crippen LogP contribution in [0.2, 0.25) is 0 Å². The van der Waals surface area contributed by atoms with Gasteiger partial charge in [0, 0.05) is 16.6 Å². The number of nitrogens with zero attached hydrogens (tertiary/aromatic N) is 3. The number of benzene rings is 4. The van der Waals surface area contributed by atoms with Crippen LogP contribution in [0.5, 0.6) is 5.75 Å². The van der Waals surface area contributed by atoms with E-state index in [4.69, 9.17) is 10.7 Å². The fourth-order valence-corrected chi connectivity index (χ4v) is 5.34. The summed E-state index contributed by atoms with van der Waals surface area (Å²) in [5.74, 6) is -0.755. The molecule has 0 bridgehead atoms. The molecule has 1 aliphatic rings. The maximum Gasteiger partial charge on any atom is 0.261 e. The molecule has 7 heteroatoms. The summed E-state index contributed by atoms with van der Waals surface area (Å²) < 4.78 is 1.98. The number of imidazole rings is 1. The molecule has 3 N–H and O–H groups in total. The van der Waals surface area contributed by atoms with E-state index < -0.39 is 0 Å². The van der Waals surface area contributed by atoms with E-state index in [2.05, 4.69) is 0 Å². The number of amides is 2. The fraction of sp³-hybridized carbons (Fsp3) is 0.0312. The zero-order valence-electron chi connectivity index (χ0n) is 20.7. The molecule has 1 aliphatic heterocycles. The number of phenolic OH excluding ortho intramolecular Hbond substituents is 1. The topological polar surface area (TPSA) is 101 Å². The molecule has 188 valence electrons. The number of aromatic hydroxyl groups is 1. The number of hydrogen-bond donors (Lipinski definition) is 2. The van der Waals surface area contributed by atoms with Gasteiger partial charge in [-0.05, 0) is 65.7 Å². The highest BCUT2D eigenvalue weighted by molar-refractivity contribution is 6.21. The van der Waals surface area contributed by atoms with Gasteiger partial charge in [-0.2, -0.15) is 0 Å². The average molecular weight is 511 g/mol. The van der Waals surface area contributed by atoms with Crippen molar-refractivity contribution >= 4 is 57.2 Å². The highest BCUT2D eigenvalue weighted by atomic mass is 16.3. The van der Waals surface area contributed by atoms with Gasteiger partial charge in [0.05, 0.1) is 34.2 Å². The second-order valence-electron chi connectivity index (χ2n) is 9.60. The van der Waals surface area contributed by atoms with Crippen LogP contribution in [0.4, 0.5) is 5.69 Å². The normalized spacial score (nSPS) is 13.4. The third-order valence-electron chi connectivity index (χ3n) is 7.25. The van der Waals surface area contributed by atoms with E-state index in [-0.39, 0.29) is 24.1 Å². The third kappa shape index (κ3) is 3.55. The molecule has 0 saturated heterocycles. The number of carbonyl (C=O) groups excluding carboxylic acids is 2. The Labute approximate surface area is 223 Å². The largest absolute Gasteiger partial charge is 0.508 e. The van der Waals surface area contributed by atoms with Crippen LogP contribution >= 0.6 is 0 Å². The first kappa shape index (κ1) is 22.7. The van der Waals surface area contributed by atoms with E-state index in [1.165, 1.54) is 4.90 Å². The molecule has 0 fully saturated rings. The first-order chi connectivity index (χ1) is 19.0. The fourth-order valence-electron chi connectivity index (χ4n) is 5.34. The summed E-state index contributed by atoms with van der Waals surface area (Å²) in [5, 5.41) is 12.0. The summed E-state index contributed by atoms with van der Waals surface area (Å²) in [6, 6.07) is 27.6. The minimum Gasteiger partial charge on any atom is -0.508 e. The Balaban J connectivity index is 1.46. The molecule has 4 aromatic carbocycles. The summed E-state index contributed by atoms with van der Waals surface area (Å²) in [6.07, 6.45) is 3.99. The maximum absolute atomic E-state index is 13.2. The van der Waals surface area contributed by atoms with Crippen LogP contribution in [0.25, 0.3) is 39.7 Å². The molecule has 0 aliphatic carbocycles. The van der Waals surface area contributed by atoms with Crippen LogP contribution in [-0.2, 0) is 6.54 Å². The number of fused-ring (bicyclic) bond motifs is 6. The average Bonchev–Trinajstić information content (AvgIpc) is 3.44. The highest BCUT2D eigenvalue weighted by Crippen LogP contribution is 2.36. The zero-order valence-corrected chi connectivity index (χ0v) is 20.7. The number of hydrogen-bond acceptors (Lipinski definition) is 5. The minimum atomic E-state index is -0.377. The van der Waals surface area contributed by atoms with E-state index in [1.54, 1.807) is 30.3 Å². The maximum atomic E-state index is 13.2. The number of aromatic nitrogens is 2. The Morgan fingerprint density at radius 3 is 2.26 bits per heavy atom. The van der Waals surface area contributed by atoms with Crippen molar-refractivity contribution in [1.82, 2.24) is 14.3 Å². The standard InChI is InChI=1S/C32H22N4O3/c33-21-13-10-19(11-14-21)9-12-20-17-29-34-26-7-3-4-8-27(26)36(29)30-22(20)15-16-28(37)25(30)18-35-31(38)23-5-1-2-6-24(23)32(35)39/h1-17,37H,18,33H2/b12-9+. The van der Waals surface area contributed by atoms with Crippen molar-refractivity contribution in [2.75, 3.05) is 5.73 Å². The zero-order chi connectivity index (χ0) is 26.7. The van der Waals surface area contributed by atoms with Gasteiger partial charge in [0.2, 0.25) is 0 Å². The van der Waals surface area contributed by atoms with Gasteiger partial charge in [-0.3, -0.25) is 18.9 Å². The molecule has 39 heavy (non-hydrogen) atoms. The second-order valence-corrected chi connectivity index (χ2v) is 9.60. The van der Waals surface area contributed by atoms with E-state index >= 15 is 0 Å². The number of nitrogen functional groups attached to an aromatic ring is 1. The molecule has 0 radical (unpaired) electrons. The number of carbonyl (C=O) groups is 2. The van der Waals surface area contributed by atoms with Crippen molar-refractivity contribution in [3.8, 4) is 5.75 Å². The lowest BCUT2D eigenvalue weighted by atomic mass is 10.0. The van der Waals surface area contributed by atoms with Crippen molar-refractivity contribution in [1.29, 1.82) is 0 Å². The van der Waals surface area contributed by atoms with Gasteiger partial charge in [0.15, 0.2) is 0 Å². The van der Waals surface area contributed by atoms with Crippen molar-refractivity contribution in [2.24, 2.45) is 0 Å². The van der Waals surface area contributed by atoms with Crippen LogP contribution in [0, 0.1) is 0 Å². The van der Waals surface area contributed by atoms with Crippen LogP contribution in [0.15, 0.2) is 91.0 Å². The van der Waals surface area contributed by atoms with E-state index in [9.17, 15) is 14.7 Å². The third-order valence-corrected chi connectivity index (χ3v) is 7.25. The molecule has 0 atom stereocenters. The summed E-state index contributed by atoms with van der Waals surface area (Å²) in [4.78, 5) is 32.5. The van der Waals surface area contributed by atoms with Crippen LogP contribution in [-0.4, -0.2) is 31.2 Å². The van der Waals surface area contributed by atoms with Gasteiger partial charge in [0.25, 0.3) is 11.8 Å². The number of imide groups is 1. The molecule has 7 rings (SSSR count). The molecule has 0 spiro atoms. The number of rotatable bonds is 4. The highest BCUT2D eigenvalue weighted by Gasteiger charge is 2.36. The van der Waals surface area contributed by atoms with Crippen LogP contribution in [0.3, 0.4) is 0 Å². The first-order valence-electron chi connectivity index (χ1n) is 12.5. The van der Waals surface area contributed by atoms with E-state index in [0.29, 0.717) is 33.5 Å². The smallest absolute Gasteiger partial charge is 0.261 e. The summed E-state index contributed by atoms with van der Waals surface area (Å²) in [5.41, 5.74) is 12.6. The second kappa shape index (κ2) is 8.56. The molecular formula is C32H22N4O3. The molecule has 0 unspecified atom stereocenters. The van der Waals surface area contributed by atoms with Gasteiger partial charge in [0.1, 0.15) is 11.4 Å². The number of phenols is 1. The SMILES string of the molecule is Nc1ccc(/C=C/c2cc3nc4ccccc4n3c3c(CN4C(=O)c5ccccc5C4=O)c(O)ccc23)cc1. The monoisotopic (exact) mass is 510 g/mol. The van der Waals surface area contributed by atoms with Gasteiger partial charge >= 0.3 is 0 Å². The van der Waals surface area contributed by atoms with Gasteiger partial charge in [-0.1, -0.05) is 48.6 Å². The Morgan fingerprint density at radius 1 is 0.821 bits per heavy atom. The Bertz CT molecular complexity index is 1970. The summed E-state index contributed by atoms with van der Waals surface area (Å²) >= 11 is 0. The van der Waals surface area contributed by atoms with Gasteiger partial charge in [-0.25, -0.2) is 4.98 Å². The molecular weight excluding hydrogens is 488 g/mol. The molecule has 0 saturated carbocycles. The molecule has 7 nitrogen and oxygen atoms in total. The quantitative estimate of drug-likeness (QED) is 0.227. The Hall–Kier alpha value is -5.43. The van der Waals surface area contributed by atoms with Crippen molar-refractivity contribution in [3.63, 3.8) is 0 Å². The van der Waals surface area contributed by atoms with Gasteiger partial charge in [-0.15, -0.1) is 0 Å². The van der Waals surface area contributed by atoms with Crippen molar-refractivity contribution in [3.05, 3.63) is 119 Å². The Kier molecular flexibility index (Phi) is 4.99. The first-order valence-corrected chi connectivity index (χ1v) is 12.5. The van der Waals surface area contributed by atoms with Crippen molar-refractivity contribution in [2.45, 2.75) is 6.54 Å². The van der Waals surface area contributed by atoms with Gasteiger partial charge < -0.3 is 10.8 Å². The predicted octanol–water partition coefficient (Wildman–Crippen LogP) is 5.90. The van der Waals surface area contributed by atoms with E-state index in [0.717, 1.165) is 27.5 Å². The van der Waals surface area contributed by atoms with Crippen LogP contribution < -0.4 is 5.73 Å². The molecule has 2 amide bonds. The lowest BCUT2D eigenvalue weighted by Crippen LogP contribution is -2.29. The summed E-state index contributed by atoms with van der Waals surface area (Å²) in [6.45, 7) is -0.0811. The van der Waals surface area contributed by atoms with Crippen molar-refractivity contribution < 1.29 is 14.7 Å². The molecule has 6 aromatic rings. The van der Waals surface area contributed by atoms with Crippen LogP contribution in [0.1, 0.15) is 37.4 Å². The number of anilines is 1. The van der Waals surface area contributed by atoms with E-state index in [1.807, 2.05) is 77.2 Å². The lowest BCUT2D eigenvalue weighted by Gasteiger charge is -2.18. The Morgan fingerprint density at radius 2 is 1.51 bits per heavy atom.